The average molecular weight is 663 g/mol. The van der Waals surface area contributed by atoms with E-state index in [2.05, 4.69) is 51.9 Å². The van der Waals surface area contributed by atoms with Crippen LogP contribution in [0.5, 0.6) is 0 Å². The van der Waals surface area contributed by atoms with Crippen molar-refractivity contribution >= 4 is 17.7 Å². The van der Waals surface area contributed by atoms with Crippen molar-refractivity contribution in [1.82, 2.24) is 20.4 Å². The van der Waals surface area contributed by atoms with Gasteiger partial charge in [-0.1, -0.05) is 91.0 Å². The van der Waals surface area contributed by atoms with Crippen molar-refractivity contribution in [1.29, 1.82) is 0 Å². The van der Waals surface area contributed by atoms with Crippen molar-refractivity contribution in [2.45, 2.75) is 80.9 Å². The van der Waals surface area contributed by atoms with Crippen molar-refractivity contribution < 1.29 is 19.5 Å². The average Bonchev–Trinajstić information content (AvgIpc) is 3.62. The number of rotatable bonds is 11. The molecule has 3 saturated heterocycles. The second-order valence-electron chi connectivity index (χ2n) is 15.0. The summed E-state index contributed by atoms with van der Waals surface area (Å²) in [6.07, 6.45) is 5.82. The molecule has 0 radical (unpaired) electrons. The summed E-state index contributed by atoms with van der Waals surface area (Å²) < 4.78 is 0. The lowest BCUT2D eigenvalue weighted by Crippen LogP contribution is -2.61. The molecule has 4 aliphatic rings. The summed E-state index contributed by atoms with van der Waals surface area (Å²) in [5, 5.41) is 17.3. The van der Waals surface area contributed by atoms with Gasteiger partial charge in [-0.2, -0.15) is 0 Å². The lowest BCUT2D eigenvalue weighted by molar-refractivity contribution is -0.149. The van der Waals surface area contributed by atoms with Gasteiger partial charge < -0.3 is 20.2 Å². The van der Waals surface area contributed by atoms with Gasteiger partial charge in [0, 0.05) is 32.5 Å². The molecule has 3 N–H and O–H groups in total. The predicted molar refractivity (Wildman–Crippen MR) is 190 cm³/mol. The maximum Gasteiger partial charge on any atom is 0.252 e. The molecule has 3 aliphatic heterocycles. The number of benzene rings is 3. The van der Waals surface area contributed by atoms with E-state index < -0.39 is 29.0 Å². The van der Waals surface area contributed by atoms with E-state index in [1.165, 1.54) is 12.8 Å². The van der Waals surface area contributed by atoms with Crippen LogP contribution < -0.4 is 10.6 Å². The van der Waals surface area contributed by atoms with Crippen LogP contribution in [-0.4, -0.2) is 83.0 Å². The first-order chi connectivity index (χ1) is 23.9. The van der Waals surface area contributed by atoms with Crippen LogP contribution >= 0.6 is 0 Å². The largest absolute Gasteiger partial charge is 0.391 e. The third-order valence-electron chi connectivity index (χ3n) is 11.5. The van der Waals surface area contributed by atoms with Crippen LogP contribution in [0.25, 0.3) is 0 Å². The molecular formula is C41H50N4O4. The fraction of sp³-hybridized carbons (Fsp3) is 0.488. The fourth-order valence-corrected chi connectivity index (χ4v) is 8.94. The summed E-state index contributed by atoms with van der Waals surface area (Å²) in [5.41, 5.74) is 0.725. The molecule has 7 rings (SSSR count). The van der Waals surface area contributed by atoms with Crippen molar-refractivity contribution in [2.75, 3.05) is 32.7 Å². The number of aliphatic hydroxyl groups excluding tert-OH is 1. The summed E-state index contributed by atoms with van der Waals surface area (Å²) in [6.45, 7) is 3.79. The Morgan fingerprint density at radius 2 is 1.41 bits per heavy atom. The van der Waals surface area contributed by atoms with E-state index in [1.54, 1.807) is 4.90 Å². The van der Waals surface area contributed by atoms with Gasteiger partial charge in [0.25, 0.3) is 5.91 Å². The Balaban J connectivity index is 1.27. The van der Waals surface area contributed by atoms with Crippen molar-refractivity contribution in [3.63, 3.8) is 0 Å². The molecule has 4 atom stereocenters. The van der Waals surface area contributed by atoms with E-state index in [9.17, 15) is 14.7 Å². The van der Waals surface area contributed by atoms with Crippen LogP contribution in [0, 0.1) is 11.8 Å². The minimum atomic E-state index is -1.34. The van der Waals surface area contributed by atoms with Crippen LogP contribution in [0.3, 0.4) is 0 Å². The lowest BCUT2D eigenvalue weighted by atomic mass is 9.67. The van der Waals surface area contributed by atoms with Gasteiger partial charge >= 0.3 is 0 Å². The number of imide groups is 1. The fourth-order valence-electron chi connectivity index (χ4n) is 8.94. The quantitative estimate of drug-likeness (QED) is 0.204. The minimum Gasteiger partial charge on any atom is -0.391 e. The number of carbonyl (C=O) groups excluding carboxylic acids is 3. The highest BCUT2D eigenvalue weighted by atomic mass is 16.3. The molecule has 0 aromatic heterocycles. The van der Waals surface area contributed by atoms with Crippen LogP contribution in [0.2, 0.25) is 0 Å². The molecule has 3 aromatic carbocycles. The first-order valence-corrected chi connectivity index (χ1v) is 18.3. The number of nitrogens with zero attached hydrogens (tertiary/aromatic N) is 2. The van der Waals surface area contributed by atoms with Gasteiger partial charge in [-0.05, 0) is 86.6 Å². The van der Waals surface area contributed by atoms with E-state index in [-0.39, 0.29) is 37.1 Å². The van der Waals surface area contributed by atoms with Gasteiger partial charge in [-0.3, -0.25) is 19.7 Å². The number of likely N-dealkylation sites (tertiary alicyclic amines) is 2. The maximum atomic E-state index is 15.2. The Morgan fingerprint density at radius 1 is 0.796 bits per heavy atom. The Bertz CT molecular complexity index is 1490. The molecule has 8 heteroatoms. The Kier molecular flexibility index (Phi) is 9.99. The first-order valence-electron chi connectivity index (χ1n) is 18.3. The second-order valence-corrected chi connectivity index (χ2v) is 15.0. The number of hydrogen-bond acceptors (Lipinski definition) is 6. The van der Waals surface area contributed by atoms with E-state index in [0.29, 0.717) is 12.8 Å². The molecular weight excluding hydrogens is 612 g/mol. The van der Waals surface area contributed by atoms with Gasteiger partial charge in [0.1, 0.15) is 5.54 Å². The minimum absolute atomic E-state index is 0.0507. The summed E-state index contributed by atoms with van der Waals surface area (Å²) in [7, 11) is 0. The highest BCUT2D eigenvalue weighted by Crippen LogP contribution is 2.45. The Labute approximate surface area is 290 Å². The van der Waals surface area contributed by atoms with Crippen LogP contribution in [-0.2, 0) is 19.8 Å². The summed E-state index contributed by atoms with van der Waals surface area (Å²) in [6, 6.07) is 29.9. The molecule has 4 fully saturated rings. The predicted octanol–water partition coefficient (Wildman–Crippen LogP) is 4.65. The number of nitrogens with one attached hydrogen (secondary N) is 2. The van der Waals surface area contributed by atoms with Gasteiger partial charge in [0.2, 0.25) is 11.8 Å². The molecule has 3 aromatic rings. The molecule has 1 aliphatic carbocycles. The highest BCUT2D eigenvalue weighted by Gasteiger charge is 2.56. The molecule has 258 valence electrons. The Hall–Kier alpha value is -3.85. The molecule has 3 heterocycles. The van der Waals surface area contributed by atoms with E-state index in [1.807, 2.05) is 54.6 Å². The van der Waals surface area contributed by atoms with Crippen LogP contribution in [0.15, 0.2) is 91.0 Å². The molecule has 3 amide bonds. The normalized spacial score (nSPS) is 26.1. The molecule has 8 nitrogen and oxygen atoms in total. The van der Waals surface area contributed by atoms with E-state index >= 15 is 4.79 Å². The van der Waals surface area contributed by atoms with Gasteiger partial charge in [-0.15, -0.1) is 0 Å². The molecule has 1 unspecified atom stereocenters. The van der Waals surface area contributed by atoms with Crippen molar-refractivity contribution in [3.8, 4) is 0 Å². The van der Waals surface area contributed by atoms with Crippen molar-refractivity contribution in [2.24, 2.45) is 11.8 Å². The van der Waals surface area contributed by atoms with Gasteiger partial charge in [-0.25, -0.2) is 0 Å². The number of hydrogen-bond donors (Lipinski definition) is 3. The van der Waals surface area contributed by atoms with Crippen LogP contribution in [0.1, 0.15) is 74.5 Å². The summed E-state index contributed by atoms with van der Waals surface area (Å²) >= 11 is 0. The molecule has 0 bridgehead atoms. The molecule has 0 spiro atoms. The van der Waals surface area contributed by atoms with E-state index in [4.69, 9.17) is 0 Å². The topological polar surface area (TPSA) is 102 Å². The zero-order valence-electron chi connectivity index (χ0n) is 28.4. The first kappa shape index (κ1) is 33.6. The summed E-state index contributed by atoms with van der Waals surface area (Å²) in [4.78, 5) is 47.4. The van der Waals surface area contributed by atoms with Crippen LogP contribution in [0.4, 0.5) is 0 Å². The second kappa shape index (κ2) is 14.6. The highest BCUT2D eigenvalue weighted by molar-refractivity contribution is 6.04. The Morgan fingerprint density at radius 3 is 1.96 bits per heavy atom. The monoisotopic (exact) mass is 662 g/mol. The number of amides is 3. The SMILES string of the molecule is O=C(NC(=O)[C@]1(C[C@H]2CCCN(CC3CC3)C2)C[C@@H](O)CN1C(=O)CC(c1ccccc1)(c1ccccc1)c1ccccc1)C1CCCN1. The summed E-state index contributed by atoms with van der Waals surface area (Å²) in [5.74, 6) is -0.0796. The lowest BCUT2D eigenvalue weighted by Gasteiger charge is -2.43. The molecule has 49 heavy (non-hydrogen) atoms. The standard InChI is InChI=1S/C41H50N4O4/c46-35-25-40(39(49)43-38(48)36-19-10-22-42-36,24-31-12-11-23-44(28-31)27-30-20-21-30)45(29-35)37(47)26-41(32-13-4-1-5-14-32,33-15-6-2-7-16-33)34-17-8-3-9-18-34/h1-9,13-18,30-31,35-36,42,46H,10-12,19-29H2,(H,43,48,49)/t31-,35-,36?,40+/m1/s1. The zero-order chi connectivity index (χ0) is 33.8. The zero-order valence-corrected chi connectivity index (χ0v) is 28.4. The number of aliphatic hydroxyl groups is 1. The third kappa shape index (κ3) is 7.09. The number of piperidine rings is 1. The smallest absolute Gasteiger partial charge is 0.252 e. The molecule has 1 saturated carbocycles. The number of carbonyl (C=O) groups is 3. The van der Waals surface area contributed by atoms with E-state index in [0.717, 1.165) is 68.0 Å². The van der Waals surface area contributed by atoms with Gasteiger partial charge in [0.05, 0.1) is 17.6 Å². The third-order valence-corrected chi connectivity index (χ3v) is 11.5. The van der Waals surface area contributed by atoms with Crippen molar-refractivity contribution in [3.05, 3.63) is 108 Å². The number of β-amino-alcohol motifs (C(OH)–C–C–N with tert-alkyl or cyclic N) is 1. The van der Waals surface area contributed by atoms with Gasteiger partial charge in [0.15, 0.2) is 0 Å². The maximum absolute atomic E-state index is 15.2.